The van der Waals surface area contributed by atoms with Gasteiger partial charge in [-0.1, -0.05) is 43.2 Å². The summed E-state index contributed by atoms with van der Waals surface area (Å²) in [5, 5.41) is 0. The largest absolute Gasteiger partial charge is 0.447 e. The molecule has 1 aromatic carbocycles. The highest BCUT2D eigenvalue weighted by atomic mass is 16.6. The summed E-state index contributed by atoms with van der Waals surface area (Å²) < 4.78 is 5.08. The van der Waals surface area contributed by atoms with Gasteiger partial charge in [0.25, 0.3) is 0 Å². The van der Waals surface area contributed by atoms with Gasteiger partial charge in [-0.25, -0.2) is 9.69 Å². The molecule has 2 atom stereocenters. The average molecular weight is 315 g/mol. The molecule has 0 N–H and O–H groups in total. The number of carbonyl (C=O) groups excluding carboxylic acids is 3. The maximum absolute atomic E-state index is 12.8. The summed E-state index contributed by atoms with van der Waals surface area (Å²) in [4.78, 5) is 37.8. The van der Waals surface area contributed by atoms with E-state index in [-0.39, 0.29) is 18.4 Å². The zero-order valence-corrected chi connectivity index (χ0v) is 13.2. The van der Waals surface area contributed by atoms with Crippen molar-refractivity contribution >= 4 is 17.8 Å². The Morgan fingerprint density at radius 3 is 2.57 bits per heavy atom. The summed E-state index contributed by atoms with van der Waals surface area (Å²) in [6, 6.07) is 9.34. The lowest BCUT2D eigenvalue weighted by molar-refractivity contribution is -0.139. The molecule has 23 heavy (non-hydrogen) atoms. The first-order chi connectivity index (χ1) is 11.1. The van der Waals surface area contributed by atoms with Crippen LogP contribution in [0.3, 0.4) is 0 Å². The minimum atomic E-state index is -0.716. The van der Waals surface area contributed by atoms with Gasteiger partial charge in [0.1, 0.15) is 12.4 Å². The highest BCUT2D eigenvalue weighted by Crippen LogP contribution is 2.36. The summed E-state index contributed by atoms with van der Waals surface area (Å²) in [5.74, 6) is -0.835. The summed E-state index contributed by atoms with van der Waals surface area (Å²) in [7, 11) is 0. The van der Waals surface area contributed by atoms with E-state index in [1.807, 2.05) is 30.3 Å². The van der Waals surface area contributed by atoms with E-state index in [1.54, 1.807) is 0 Å². The second-order valence-corrected chi connectivity index (χ2v) is 6.47. The Bertz CT molecular complexity index is 609. The SMILES string of the molecule is CC(=O)[C@@H](CC1CC1)C(=O)N1C(=O)OC[C@@H]1Cc1ccccc1. The molecular formula is C18H21NO4. The molecule has 1 saturated carbocycles. The number of hydrogen-bond acceptors (Lipinski definition) is 4. The van der Waals surface area contributed by atoms with E-state index in [2.05, 4.69) is 0 Å². The van der Waals surface area contributed by atoms with E-state index in [9.17, 15) is 14.4 Å². The van der Waals surface area contributed by atoms with Gasteiger partial charge in [-0.2, -0.15) is 0 Å². The number of imide groups is 1. The molecule has 2 amide bonds. The van der Waals surface area contributed by atoms with Gasteiger partial charge in [-0.05, 0) is 31.2 Å². The van der Waals surface area contributed by atoms with E-state index < -0.39 is 17.9 Å². The first-order valence-electron chi connectivity index (χ1n) is 8.10. The van der Waals surface area contributed by atoms with E-state index in [1.165, 1.54) is 11.8 Å². The molecule has 0 unspecified atom stereocenters. The molecule has 2 aliphatic rings. The lowest BCUT2D eigenvalue weighted by Crippen LogP contribution is -2.45. The summed E-state index contributed by atoms with van der Waals surface area (Å²) in [6.45, 7) is 1.62. The number of rotatable bonds is 6. The van der Waals surface area contributed by atoms with E-state index in [0.29, 0.717) is 18.8 Å². The van der Waals surface area contributed by atoms with Crippen LogP contribution in [-0.4, -0.2) is 35.3 Å². The average Bonchev–Trinajstić information content (AvgIpc) is 3.28. The summed E-state index contributed by atoms with van der Waals surface area (Å²) in [5.41, 5.74) is 1.04. The van der Waals surface area contributed by atoms with Crippen molar-refractivity contribution in [3.8, 4) is 0 Å². The van der Waals surface area contributed by atoms with Crippen molar-refractivity contribution in [2.45, 2.75) is 38.6 Å². The predicted molar refractivity (Wildman–Crippen MR) is 83.6 cm³/mol. The summed E-state index contributed by atoms with van der Waals surface area (Å²) >= 11 is 0. The minimum Gasteiger partial charge on any atom is -0.447 e. The van der Waals surface area contributed by atoms with Crippen LogP contribution in [0.1, 0.15) is 31.7 Å². The van der Waals surface area contributed by atoms with Crippen LogP contribution < -0.4 is 0 Å². The zero-order chi connectivity index (χ0) is 16.4. The first-order valence-corrected chi connectivity index (χ1v) is 8.10. The molecule has 1 aliphatic heterocycles. The van der Waals surface area contributed by atoms with Crippen molar-refractivity contribution in [1.82, 2.24) is 4.90 Å². The molecular weight excluding hydrogens is 294 g/mol. The van der Waals surface area contributed by atoms with Gasteiger partial charge < -0.3 is 4.74 Å². The van der Waals surface area contributed by atoms with Crippen LogP contribution in [-0.2, 0) is 20.7 Å². The third-order valence-electron chi connectivity index (χ3n) is 4.57. The molecule has 2 fully saturated rings. The highest BCUT2D eigenvalue weighted by molar-refractivity contribution is 6.06. The molecule has 5 nitrogen and oxygen atoms in total. The summed E-state index contributed by atoms with van der Waals surface area (Å²) in [6.07, 6.45) is 2.60. The van der Waals surface area contributed by atoms with Crippen molar-refractivity contribution in [2.75, 3.05) is 6.61 Å². The molecule has 1 aromatic rings. The van der Waals surface area contributed by atoms with Crippen LogP contribution in [0.25, 0.3) is 0 Å². The van der Waals surface area contributed by atoms with Crippen molar-refractivity contribution in [3.63, 3.8) is 0 Å². The zero-order valence-electron chi connectivity index (χ0n) is 13.2. The number of ketones is 1. The molecule has 0 radical (unpaired) electrons. The number of benzene rings is 1. The number of amides is 2. The van der Waals surface area contributed by atoms with Crippen LogP contribution in [0, 0.1) is 11.8 Å². The molecule has 0 spiro atoms. The number of cyclic esters (lactones) is 1. The minimum absolute atomic E-state index is 0.167. The number of ether oxygens (including phenoxy) is 1. The van der Waals surface area contributed by atoms with Gasteiger partial charge >= 0.3 is 6.09 Å². The normalized spacial score (nSPS) is 21.9. The standard InChI is InChI=1S/C18H21NO4/c1-12(20)16(10-14-7-8-14)17(21)19-15(11-23-18(19)22)9-13-5-3-2-4-6-13/h2-6,14-16H,7-11H2,1H3/t15-,16+/m0/s1. The topological polar surface area (TPSA) is 63.7 Å². The Hall–Kier alpha value is -2.17. The fourth-order valence-corrected chi connectivity index (χ4v) is 3.06. The van der Waals surface area contributed by atoms with Crippen molar-refractivity contribution in [1.29, 1.82) is 0 Å². The lowest BCUT2D eigenvalue weighted by Gasteiger charge is -2.23. The molecule has 1 aliphatic carbocycles. The predicted octanol–water partition coefficient (Wildman–Crippen LogP) is 2.58. The Morgan fingerprint density at radius 1 is 1.26 bits per heavy atom. The second-order valence-electron chi connectivity index (χ2n) is 6.47. The Kier molecular flexibility index (Phi) is 4.46. The Labute approximate surface area is 135 Å². The van der Waals surface area contributed by atoms with E-state index in [4.69, 9.17) is 4.74 Å². The molecule has 122 valence electrons. The number of carbonyl (C=O) groups is 3. The van der Waals surface area contributed by atoms with Crippen LogP contribution in [0.2, 0.25) is 0 Å². The molecule has 0 aromatic heterocycles. The van der Waals surface area contributed by atoms with Gasteiger partial charge in [-0.15, -0.1) is 0 Å². The molecule has 1 heterocycles. The fourth-order valence-electron chi connectivity index (χ4n) is 3.06. The van der Waals surface area contributed by atoms with Gasteiger partial charge in [0.15, 0.2) is 0 Å². The van der Waals surface area contributed by atoms with Crippen molar-refractivity contribution < 1.29 is 19.1 Å². The third kappa shape index (κ3) is 3.60. The second kappa shape index (κ2) is 6.52. The van der Waals surface area contributed by atoms with Crippen molar-refractivity contribution in [3.05, 3.63) is 35.9 Å². The Balaban J connectivity index is 1.75. The van der Waals surface area contributed by atoms with Gasteiger partial charge in [0.05, 0.1) is 12.0 Å². The Morgan fingerprint density at radius 2 is 1.96 bits per heavy atom. The molecule has 0 bridgehead atoms. The molecule has 5 heteroatoms. The maximum Gasteiger partial charge on any atom is 0.417 e. The monoisotopic (exact) mass is 315 g/mol. The van der Waals surface area contributed by atoms with E-state index in [0.717, 1.165) is 18.4 Å². The number of nitrogens with zero attached hydrogens (tertiary/aromatic N) is 1. The van der Waals surface area contributed by atoms with Crippen molar-refractivity contribution in [2.24, 2.45) is 11.8 Å². The number of hydrogen-bond donors (Lipinski definition) is 0. The van der Waals surface area contributed by atoms with Gasteiger partial charge in [-0.3, -0.25) is 9.59 Å². The van der Waals surface area contributed by atoms with Crippen LogP contribution in [0.15, 0.2) is 30.3 Å². The fraction of sp³-hybridized carbons (Fsp3) is 0.500. The molecule has 1 saturated heterocycles. The first kappa shape index (κ1) is 15.7. The third-order valence-corrected chi connectivity index (χ3v) is 4.57. The highest BCUT2D eigenvalue weighted by Gasteiger charge is 2.43. The van der Waals surface area contributed by atoms with Crippen LogP contribution >= 0.6 is 0 Å². The smallest absolute Gasteiger partial charge is 0.417 e. The van der Waals surface area contributed by atoms with Crippen LogP contribution in [0.5, 0.6) is 0 Å². The quantitative estimate of drug-likeness (QED) is 0.757. The van der Waals surface area contributed by atoms with Gasteiger partial charge in [0, 0.05) is 0 Å². The van der Waals surface area contributed by atoms with E-state index >= 15 is 0 Å². The number of Topliss-reactive ketones (excluding diaryl/α,β-unsaturated/α-hetero) is 1. The van der Waals surface area contributed by atoms with Gasteiger partial charge in [0.2, 0.25) is 5.91 Å². The molecule has 3 rings (SSSR count). The van der Waals surface area contributed by atoms with Crippen LogP contribution in [0.4, 0.5) is 4.79 Å². The lowest BCUT2D eigenvalue weighted by atomic mass is 9.95. The maximum atomic E-state index is 12.8.